The van der Waals surface area contributed by atoms with E-state index in [9.17, 15) is 4.79 Å². The molecule has 0 fully saturated rings. The molecule has 0 saturated heterocycles. The van der Waals surface area contributed by atoms with E-state index in [0.717, 1.165) is 22.7 Å². The number of nitrogens with one attached hydrogen (secondary N) is 1. The lowest BCUT2D eigenvalue weighted by Crippen LogP contribution is -2.00. The molecule has 4 nitrogen and oxygen atoms in total. The van der Waals surface area contributed by atoms with Crippen molar-refractivity contribution in [2.24, 2.45) is 0 Å². The van der Waals surface area contributed by atoms with Gasteiger partial charge in [-0.2, -0.15) is 0 Å². The molecule has 0 amide bonds. The first kappa shape index (κ1) is 15.6. The summed E-state index contributed by atoms with van der Waals surface area (Å²) in [6.07, 6.45) is 0. The van der Waals surface area contributed by atoms with E-state index in [0.29, 0.717) is 6.54 Å². The molecule has 24 heavy (non-hydrogen) atoms. The fourth-order valence-electron chi connectivity index (χ4n) is 2.23. The third-order valence-corrected chi connectivity index (χ3v) is 3.53. The third kappa shape index (κ3) is 4.14. The standard InChI is InChI=1S/C20H17NO3/c22-20(23)16-8-10-17(11-9-16)21-14-15-6-12-19(13-7-15)24-18-4-2-1-3-5-18/h1-13,21H,14H2,(H,22,23). The monoisotopic (exact) mass is 319 g/mol. The largest absolute Gasteiger partial charge is 0.478 e. The van der Waals surface area contributed by atoms with Crippen LogP contribution >= 0.6 is 0 Å². The van der Waals surface area contributed by atoms with Crippen molar-refractivity contribution in [3.63, 3.8) is 0 Å². The Morgan fingerprint density at radius 3 is 2.08 bits per heavy atom. The maximum absolute atomic E-state index is 10.8. The zero-order valence-corrected chi connectivity index (χ0v) is 13.0. The van der Waals surface area contributed by atoms with Crippen molar-refractivity contribution in [1.29, 1.82) is 0 Å². The van der Waals surface area contributed by atoms with Crippen LogP contribution in [0.5, 0.6) is 11.5 Å². The van der Waals surface area contributed by atoms with Crippen molar-refractivity contribution >= 4 is 11.7 Å². The van der Waals surface area contributed by atoms with Crippen LogP contribution in [0.2, 0.25) is 0 Å². The summed E-state index contributed by atoms with van der Waals surface area (Å²) in [4.78, 5) is 10.8. The van der Waals surface area contributed by atoms with Crippen LogP contribution in [0.3, 0.4) is 0 Å². The van der Waals surface area contributed by atoms with E-state index >= 15 is 0 Å². The lowest BCUT2D eigenvalue weighted by molar-refractivity contribution is 0.0697. The van der Waals surface area contributed by atoms with E-state index in [2.05, 4.69) is 5.32 Å². The number of benzene rings is 3. The summed E-state index contributed by atoms with van der Waals surface area (Å²) in [5, 5.41) is 12.1. The molecule has 4 heteroatoms. The van der Waals surface area contributed by atoms with Crippen LogP contribution in [0.1, 0.15) is 15.9 Å². The fourth-order valence-corrected chi connectivity index (χ4v) is 2.23. The first-order valence-electron chi connectivity index (χ1n) is 7.60. The Morgan fingerprint density at radius 2 is 1.46 bits per heavy atom. The SMILES string of the molecule is O=C(O)c1ccc(NCc2ccc(Oc3ccccc3)cc2)cc1. The van der Waals surface area contributed by atoms with Gasteiger partial charge in [0.25, 0.3) is 0 Å². The summed E-state index contributed by atoms with van der Waals surface area (Å²) in [6.45, 7) is 0.651. The molecule has 3 rings (SSSR count). The van der Waals surface area contributed by atoms with Crippen molar-refractivity contribution in [2.75, 3.05) is 5.32 Å². The van der Waals surface area contributed by atoms with Crippen molar-refractivity contribution in [1.82, 2.24) is 0 Å². The highest BCUT2D eigenvalue weighted by atomic mass is 16.5. The van der Waals surface area contributed by atoms with Gasteiger partial charge >= 0.3 is 5.97 Å². The number of anilines is 1. The smallest absolute Gasteiger partial charge is 0.335 e. The van der Waals surface area contributed by atoms with Crippen molar-refractivity contribution in [3.05, 3.63) is 90.0 Å². The Kier molecular flexibility index (Phi) is 4.77. The lowest BCUT2D eigenvalue weighted by atomic mass is 10.2. The molecule has 0 aliphatic heterocycles. The molecule has 120 valence electrons. The Hall–Kier alpha value is -3.27. The van der Waals surface area contributed by atoms with Crippen LogP contribution in [0.25, 0.3) is 0 Å². The molecule has 0 unspecified atom stereocenters. The maximum atomic E-state index is 10.8. The Bertz CT molecular complexity index is 797. The highest BCUT2D eigenvalue weighted by Crippen LogP contribution is 2.21. The molecule has 0 radical (unpaired) electrons. The fraction of sp³-hybridized carbons (Fsp3) is 0.0500. The Labute approximate surface area is 140 Å². The van der Waals surface area contributed by atoms with E-state index in [4.69, 9.17) is 9.84 Å². The van der Waals surface area contributed by atoms with Gasteiger partial charge in [-0.05, 0) is 54.1 Å². The summed E-state index contributed by atoms with van der Waals surface area (Å²) in [6, 6.07) is 24.2. The van der Waals surface area contributed by atoms with Gasteiger partial charge in [0.2, 0.25) is 0 Å². The number of carbonyl (C=O) groups is 1. The lowest BCUT2D eigenvalue weighted by Gasteiger charge is -2.09. The van der Waals surface area contributed by atoms with Gasteiger partial charge in [0.15, 0.2) is 0 Å². The molecular weight excluding hydrogens is 302 g/mol. The maximum Gasteiger partial charge on any atom is 0.335 e. The average Bonchev–Trinajstić information content (AvgIpc) is 2.62. The summed E-state index contributed by atoms with van der Waals surface area (Å²) < 4.78 is 5.76. The van der Waals surface area contributed by atoms with Gasteiger partial charge < -0.3 is 15.2 Å². The van der Waals surface area contributed by atoms with Gasteiger partial charge in [0, 0.05) is 12.2 Å². The van der Waals surface area contributed by atoms with Crippen LogP contribution in [0.4, 0.5) is 5.69 Å². The van der Waals surface area contributed by atoms with Gasteiger partial charge in [-0.3, -0.25) is 0 Å². The topological polar surface area (TPSA) is 58.6 Å². The molecule has 3 aromatic rings. The number of aromatic carboxylic acids is 1. The summed E-state index contributed by atoms with van der Waals surface area (Å²) >= 11 is 0. The van der Waals surface area contributed by atoms with E-state index in [-0.39, 0.29) is 5.56 Å². The van der Waals surface area contributed by atoms with Gasteiger partial charge in [-0.15, -0.1) is 0 Å². The normalized spacial score (nSPS) is 10.2. The number of carboxylic acid groups (broad SMARTS) is 1. The molecule has 0 aliphatic carbocycles. The molecule has 3 aromatic carbocycles. The minimum atomic E-state index is -0.921. The molecule has 2 N–H and O–H groups in total. The van der Waals surface area contributed by atoms with Crippen molar-refractivity contribution in [3.8, 4) is 11.5 Å². The number of hydrogen-bond acceptors (Lipinski definition) is 3. The average molecular weight is 319 g/mol. The number of ether oxygens (including phenoxy) is 1. The first-order chi connectivity index (χ1) is 11.7. The van der Waals surface area contributed by atoms with Crippen LogP contribution in [-0.4, -0.2) is 11.1 Å². The highest BCUT2D eigenvalue weighted by Gasteiger charge is 2.02. The zero-order valence-electron chi connectivity index (χ0n) is 13.0. The molecule has 0 saturated carbocycles. The minimum absolute atomic E-state index is 0.281. The van der Waals surface area contributed by atoms with E-state index in [1.165, 1.54) is 0 Å². The quantitative estimate of drug-likeness (QED) is 0.686. The van der Waals surface area contributed by atoms with E-state index in [1.807, 2.05) is 54.6 Å². The molecule has 0 bridgehead atoms. The van der Waals surface area contributed by atoms with Crippen LogP contribution in [-0.2, 0) is 6.54 Å². The second kappa shape index (κ2) is 7.33. The predicted molar refractivity (Wildman–Crippen MR) is 93.7 cm³/mol. The van der Waals surface area contributed by atoms with E-state index < -0.39 is 5.97 Å². The van der Waals surface area contributed by atoms with Gasteiger partial charge in [0.05, 0.1) is 5.56 Å². The van der Waals surface area contributed by atoms with Crippen molar-refractivity contribution in [2.45, 2.75) is 6.54 Å². The van der Waals surface area contributed by atoms with Gasteiger partial charge in [0.1, 0.15) is 11.5 Å². The molecule has 0 atom stereocenters. The van der Waals surface area contributed by atoms with Crippen LogP contribution in [0.15, 0.2) is 78.9 Å². The number of carboxylic acids is 1. The second-order valence-corrected chi connectivity index (χ2v) is 5.30. The Morgan fingerprint density at radius 1 is 0.833 bits per heavy atom. The molecule has 0 spiro atoms. The molecular formula is C20H17NO3. The molecule has 0 heterocycles. The first-order valence-corrected chi connectivity index (χ1v) is 7.60. The van der Waals surface area contributed by atoms with Gasteiger partial charge in [-0.25, -0.2) is 4.79 Å². The predicted octanol–water partition coefficient (Wildman–Crippen LogP) is 4.79. The number of para-hydroxylation sites is 1. The summed E-state index contributed by atoms with van der Waals surface area (Å²) in [5.74, 6) is 0.674. The molecule has 0 aliphatic rings. The third-order valence-electron chi connectivity index (χ3n) is 3.53. The second-order valence-electron chi connectivity index (χ2n) is 5.30. The number of hydrogen-bond donors (Lipinski definition) is 2. The zero-order chi connectivity index (χ0) is 16.8. The summed E-state index contributed by atoms with van der Waals surface area (Å²) in [7, 11) is 0. The minimum Gasteiger partial charge on any atom is -0.478 e. The van der Waals surface area contributed by atoms with Crippen LogP contribution < -0.4 is 10.1 Å². The summed E-state index contributed by atoms with van der Waals surface area (Å²) in [5.41, 5.74) is 2.27. The highest BCUT2D eigenvalue weighted by molar-refractivity contribution is 5.87. The van der Waals surface area contributed by atoms with Crippen LogP contribution in [0, 0.1) is 0 Å². The molecule has 0 aromatic heterocycles. The Balaban J connectivity index is 1.57. The number of rotatable bonds is 6. The van der Waals surface area contributed by atoms with Crippen molar-refractivity contribution < 1.29 is 14.6 Å². The van der Waals surface area contributed by atoms with E-state index in [1.54, 1.807) is 24.3 Å². The van der Waals surface area contributed by atoms with Gasteiger partial charge in [-0.1, -0.05) is 30.3 Å².